The molecule has 3 heteroatoms. The van der Waals surface area contributed by atoms with Gasteiger partial charge in [-0.25, -0.2) is 9.97 Å². The van der Waals surface area contributed by atoms with Gasteiger partial charge in [-0.3, -0.25) is 0 Å². The van der Waals surface area contributed by atoms with Crippen molar-refractivity contribution in [1.82, 2.24) is 9.97 Å². The fraction of sp³-hybridized carbons (Fsp3) is 0.200. The van der Waals surface area contributed by atoms with E-state index < -0.39 is 8.07 Å². The minimum atomic E-state index is -1.39. The second-order valence-corrected chi connectivity index (χ2v) is 10.7. The van der Waals surface area contributed by atoms with Crippen molar-refractivity contribution in [2.75, 3.05) is 0 Å². The van der Waals surface area contributed by atoms with E-state index in [1.54, 1.807) is 0 Å². The number of para-hydroxylation sites is 3. The molecule has 0 N–H and O–H groups in total. The average Bonchev–Trinajstić information content (AvgIpc) is 2.34. The molecule has 2 nitrogen and oxygen atoms in total. The van der Waals surface area contributed by atoms with Crippen LogP contribution < -0.4 is 5.19 Å². The Labute approximate surface area is 108 Å². The summed E-state index contributed by atoms with van der Waals surface area (Å²) < 4.78 is 0. The lowest BCUT2D eigenvalue weighted by molar-refractivity contribution is 1.40. The van der Waals surface area contributed by atoms with E-state index in [1.165, 1.54) is 5.19 Å². The van der Waals surface area contributed by atoms with Crippen LogP contribution >= 0.6 is 0 Å². The number of rotatable bonds is 1. The standard InChI is InChI=1S/C15H16N2Si/c1-18(2,3)14-10-6-9-13-15(14)17-12-8-5-4-7-11(12)16-13/h4-10H,1-3H3. The Morgan fingerprint density at radius 2 is 1.33 bits per heavy atom. The third-order valence-electron chi connectivity index (χ3n) is 3.18. The highest BCUT2D eigenvalue weighted by Crippen LogP contribution is 2.16. The van der Waals surface area contributed by atoms with Crippen LogP contribution in [0.1, 0.15) is 0 Å². The highest BCUT2D eigenvalue weighted by atomic mass is 28.3. The topological polar surface area (TPSA) is 25.8 Å². The Morgan fingerprint density at radius 3 is 2.00 bits per heavy atom. The smallest absolute Gasteiger partial charge is 0.0894 e. The fourth-order valence-electron chi connectivity index (χ4n) is 2.25. The summed E-state index contributed by atoms with van der Waals surface area (Å²) in [5.41, 5.74) is 4.04. The normalized spacial score (nSPS) is 12.2. The molecule has 0 bridgehead atoms. The first kappa shape index (κ1) is 11.4. The molecule has 0 aliphatic carbocycles. The zero-order chi connectivity index (χ0) is 12.8. The molecule has 0 aliphatic rings. The largest absolute Gasteiger partial charge is 0.245 e. The van der Waals surface area contributed by atoms with Gasteiger partial charge in [-0.05, 0) is 23.4 Å². The molecular formula is C15H16N2Si. The maximum absolute atomic E-state index is 4.82. The van der Waals surface area contributed by atoms with Crippen molar-refractivity contribution in [1.29, 1.82) is 0 Å². The van der Waals surface area contributed by atoms with Gasteiger partial charge in [0.1, 0.15) is 0 Å². The maximum Gasteiger partial charge on any atom is 0.0894 e. The van der Waals surface area contributed by atoms with Crippen molar-refractivity contribution in [2.45, 2.75) is 19.6 Å². The predicted octanol–water partition coefficient (Wildman–Crippen LogP) is 3.33. The van der Waals surface area contributed by atoms with E-state index in [1.807, 2.05) is 24.3 Å². The Morgan fingerprint density at radius 1 is 0.722 bits per heavy atom. The van der Waals surface area contributed by atoms with E-state index in [0.29, 0.717) is 0 Å². The molecule has 1 aromatic heterocycles. The van der Waals surface area contributed by atoms with E-state index in [-0.39, 0.29) is 0 Å². The molecule has 0 atom stereocenters. The Bertz CT molecular complexity index is 729. The lowest BCUT2D eigenvalue weighted by atomic mass is 10.2. The first-order valence-electron chi connectivity index (χ1n) is 6.22. The van der Waals surface area contributed by atoms with Gasteiger partial charge in [0.15, 0.2) is 0 Å². The highest BCUT2D eigenvalue weighted by Gasteiger charge is 2.20. The zero-order valence-corrected chi connectivity index (χ0v) is 11.9. The van der Waals surface area contributed by atoms with Crippen LogP contribution in [0.4, 0.5) is 0 Å². The molecule has 18 heavy (non-hydrogen) atoms. The predicted molar refractivity (Wildman–Crippen MR) is 80.0 cm³/mol. The molecule has 3 rings (SSSR count). The molecule has 0 unspecified atom stereocenters. The van der Waals surface area contributed by atoms with Crippen LogP contribution in [0.2, 0.25) is 19.6 Å². The van der Waals surface area contributed by atoms with Crippen molar-refractivity contribution in [3.8, 4) is 0 Å². The summed E-state index contributed by atoms with van der Waals surface area (Å²) in [7, 11) is -1.39. The van der Waals surface area contributed by atoms with Crippen LogP contribution in [-0.4, -0.2) is 18.0 Å². The molecular weight excluding hydrogens is 236 g/mol. The molecule has 2 aromatic carbocycles. The summed E-state index contributed by atoms with van der Waals surface area (Å²) in [6.45, 7) is 7.04. The van der Waals surface area contributed by atoms with Crippen molar-refractivity contribution in [2.24, 2.45) is 0 Å². The van der Waals surface area contributed by atoms with Crippen LogP contribution in [0.15, 0.2) is 42.5 Å². The molecule has 90 valence electrons. The summed E-state index contributed by atoms with van der Waals surface area (Å²) in [5, 5.41) is 1.39. The number of fused-ring (bicyclic) bond motifs is 2. The van der Waals surface area contributed by atoms with Crippen molar-refractivity contribution in [3.05, 3.63) is 42.5 Å². The summed E-state index contributed by atoms with van der Waals surface area (Å²) >= 11 is 0. The summed E-state index contributed by atoms with van der Waals surface area (Å²) in [6, 6.07) is 14.4. The van der Waals surface area contributed by atoms with Crippen molar-refractivity contribution >= 4 is 35.3 Å². The maximum atomic E-state index is 4.82. The molecule has 0 spiro atoms. The van der Waals surface area contributed by atoms with Gasteiger partial charge < -0.3 is 0 Å². The molecule has 0 aliphatic heterocycles. The first-order chi connectivity index (χ1) is 8.55. The number of nitrogens with zero attached hydrogens (tertiary/aromatic N) is 2. The number of hydrogen-bond donors (Lipinski definition) is 0. The third kappa shape index (κ3) is 1.81. The zero-order valence-electron chi connectivity index (χ0n) is 10.9. The summed E-state index contributed by atoms with van der Waals surface area (Å²) in [4.78, 5) is 9.53. The van der Waals surface area contributed by atoms with E-state index in [0.717, 1.165) is 22.1 Å². The van der Waals surface area contributed by atoms with Crippen molar-refractivity contribution < 1.29 is 0 Å². The van der Waals surface area contributed by atoms with Gasteiger partial charge in [-0.15, -0.1) is 0 Å². The monoisotopic (exact) mass is 252 g/mol. The summed E-state index contributed by atoms with van der Waals surface area (Å²) in [5.74, 6) is 0. The van der Waals surface area contributed by atoms with Gasteiger partial charge in [-0.1, -0.05) is 43.9 Å². The average molecular weight is 252 g/mol. The molecule has 0 fully saturated rings. The van der Waals surface area contributed by atoms with E-state index in [9.17, 15) is 0 Å². The first-order valence-corrected chi connectivity index (χ1v) is 9.72. The van der Waals surface area contributed by atoms with Gasteiger partial charge in [0, 0.05) is 0 Å². The van der Waals surface area contributed by atoms with Crippen LogP contribution in [0, 0.1) is 0 Å². The summed E-state index contributed by atoms with van der Waals surface area (Å²) in [6.07, 6.45) is 0. The second-order valence-electron chi connectivity index (χ2n) is 5.64. The van der Waals surface area contributed by atoms with E-state index in [2.05, 4.69) is 37.8 Å². The van der Waals surface area contributed by atoms with Gasteiger partial charge >= 0.3 is 0 Å². The fourth-order valence-corrected chi connectivity index (χ4v) is 3.74. The van der Waals surface area contributed by atoms with Gasteiger partial charge in [-0.2, -0.15) is 0 Å². The number of aromatic nitrogens is 2. The molecule has 0 amide bonds. The molecule has 0 saturated heterocycles. The lowest BCUT2D eigenvalue weighted by Crippen LogP contribution is -2.38. The highest BCUT2D eigenvalue weighted by molar-refractivity contribution is 6.90. The Hall–Kier alpha value is -1.74. The second kappa shape index (κ2) is 3.88. The van der Waals surface area contributed by atoms with Crippen LogP contribution in [0.5, 0.6) is 0 Å². The van der Waals surface area contributed by atoms with Gasteiger partial charge in [0.25, 0.3) is 0 Å². The van der Waals surface area contributed by atoms with Crippen LogP contribution in [0.25, 0.3) is 22.1 Å². The quantitative estimate of drug-likeness (QED) is 0.490. The molecule has 1 heterocycles. The third-order valence-corrected chi connectivity index (χ3v) is 5.20. The van der Waals surface area contributed by atoms with Crippen LogP contribution in [0.3, 0.4) is 0 Å². The number of benzene rings is 2. The van der Waals surface area contributed by atoms with E-state index >= 15 is 0 Å². The Kier molecular flexibility index (Phi) is 2.45. The minimum Gasteiger partial charge on any atom is -0.245 e. The van der Waals surface area contributed by atoms with Crippen LogP contribution in [-0.2, 0) is 0 Å². The van der Waals surface area contributed by atoms with Crippen molar-refractivity contribution in [3.63, 3.8) is 0 Å². The molecule has 0 saturated carbocycles. The number of hydrogen-bond acceptors (Lipinski definition) is 2. The minimum absolute atomic E-state index is 0.970. The molecule has 3 aromatic rings. The SMILES string of the molecule is C[Si](C)(C)c1cccc2nc3ccccc3nc12. The lowest BCUT2D eigenvalue weighted by Gasteiger charge is -2.18. The molecule has 0 radical (unpaired) electrons. The van der Waals surface area contributed by atoms with Gasteiger partial charge in [0.05, 0.1) is 30.1 Å². The Balaban J connectivity index is 2.44. The van der Waals surface area contributed by atoms with Gasteiger partial charge in [0.2, 0.25) is 0 Å². The van der Waals surface area contributed by atoms with E-state index in [4.69, 9.17) is 9.97 Å².